The Morgan fingerprint density at radius 3 is 2.67 bits per heavy atom. The van der Waals surface area contributed by atoms with Gasteiger partial charge in [-0.3, -0.25) is 4.79 Å². The van der Waals surface area contributed by atoms with Gasteiger partial charge in [0.2, 0.25) is 5.91 Å². The quantitative estimate of drug-likeness (QED) is 0.407. The van der Waals surface area contributed by atoms with Crippen LogP contribution < -0.4 is 14.4 Å². The fourth-order valence-corrected chi connectivity index (χ4v) is 4.51. The van der Waals surface area contributed by atoms with Gasteiger partial charge in [0.1, 0.15) is 23.9 Å². The van der Waals surface area contributed by atoms with Crippen LogP contribution >= 0.6 is 0 Å². The molecule has 1 saturated heterocycles. The molecule has 4 aromatic rings. The average molecular weight is 442 g/mol. The molecule has 5 rings (SSSR count). The fourth-order valence-electron chi connectivity index (χ4n) is 4.51. The van der Waals surface area contributed by atoms with E-state index < -0.39 is 0 Å². The van der Waals surface area contributed by atoms with Crippen molar-refractivity contribution in [3.8, 4) is 11.5 Å². The van der Waals surface area contributed by atoms with Crippen LogP contribution in [0.15, 0.2) is 72.8 Å². The van der Waals surface area contributed by atoms with Crippen molar-refractivity contribution in [3.63, 3.8) is 0 Å². The molecule has 0 spiro atoms. The minimum atomic E-state index is 0.0298. The molecule has 6 heteroatoms. The molecule has 0 bridgehead atoms. The second-order valence-electron chi connectivity index (χ2n) is 8.38. The number of hydrogen-bond donors (Lipinski definition) is 0. The molecule has 0 N–H and O–H groups in total. The molecule has 0 saturated carbocycles. The van der Waals surface area contributed by atoms with Gasteiger partial charge in [0, 0.05) is 30.6 Å². The van der Waals surface area contributed by atoms with Crippen LogP contribution in [-0.4, -0.2) is 35.7 Å². The first kappa shape index (κ1) is 21.1. The Hall–Kier alpha value is -3.80. The summed E-state index contributed by atoms with van der Waals surface area (Å²) in [4.78, 5) is 19.7. The summed E-state index contributed by atoms with van der Waals surface area (Å²) in [7, 11) is 1.64. The highest BCUT2D eigenvalue weighted by Gasteiger charge is 2.34. The minimum absolute atomic E-state index is 0.0298. The largest absolute Gasteiger partial charge is 0.497 e. The third-order valence-corrected chi connectivity index (χ3v) is 6.11. The molecule has 0 radical (unpaired) electrons. The predicted molar refractivity (Wildman–Crippen MR) is 129 cm³/mol. The van der Waals surface area contributed by atoms with E-state index in [-0.39, 0.29) is 11.8 Å². The molecular formula is C27H27N3O3. The Bertz CT molecular complexity index is 1300. The molecule has 0 unspecified atom stereocenters. The Labute approximate surface area is 193 Å². The predicted octanol–water partition coefficient (Wildman–Crippen LogP) is 4.95. The molecule has 1 aliphatic rings. The number of imidazole rings is 1. The SMILES string of the molecule is COc1cccc(OCCn2c([C@@H]3CC(=O)N(c4cccc(C)c4)C3)nc3ccccc32)c1. The van der Waals surface area contributed by atoms with Gasteiger partial charge in [-0.25, -0.2) is 4.98 Å². The van der Waals surface area contributed by atoms with E-state index in [2.05, 4.69) is 16.7 Å². The lowest BCUT2D eigenvalue weighted by Crippen LogP contribution is -2.24. The highest BCUT2D eigenvalue weighted by Crippen LogP contribution is 2.33. The highest BCUT2D eigenvalue weighted by molar-refractivity contribution is 5.96. The zero-order valence-electron chi connectivity index (χ0n) is 18.9. The summed E-state index contributed by atoms with van der Waals surface area (Å²) in [6, 6.07) is 23.8. The maximum Gasteiger partial charge on any atom is 0.227 e. The number of methoxy groups -OCH3 is 1. The lowest BCUT2D eigenvalue weighted by molar-refractivity contribution is -0.117. The molecule has 1 atom stereocenters. The minimum Gasteiger partial charge on any atom is -0.497 e. The van der Waals surface area contributed by atoms with Crippen molar-refractivity contribution in [1.82, 2.24) is 9.55 Å². The van der Waals surface area contributed by atoms with E-state index >= 15 is 0 Å². The molecule has 1 aromatic heterocycles. The number of fused-ring (bicyclic) bond motifs is 1. The normalized spacial score (nSPS) is 15.9. The van der Waals surface area contributed by atoms with Crippen LogP contribution in [0.25, 0.3) is 11.0 Å². The van der Waals surface area contributed by atoms with Gasteiger partial charge in [0.05, 0.1) is 24.7 Å². The zero-order valence-corrected chi connectivity index (χ0v) is 18.9. The van der Waals surface area contributed by atoms with Crippen molar-refractivity contribution in [1.29, 1.82) is 0 Å². The molecule has 1 aliphatic heterocycles. The van der Waals surface area contributed by atoms with Crippen LogP contribution in [0.4, 0.5) is 5.69 Å². The number of anilines is 1. The average Bonchev–Trinajstić information content (AvgIpc) is 3.40. The zero-order chi connectivity index (χ0) is 22.8. The third kappa shape index (κ3) is 4.29. The maximum atomic E-state index is 12.9. The van der Waals surface area contributed by atoms with Crippen molar-refractivity contribution in [2.45, 2.75) is 25.8 Å². The number of carbonyl (C=O) groups excluding carboxylic acids is 1. The first-order valence-electron chi connectivity index (χ1n) is 11.2. The summed E-state index contributed by atoms with van der Waals surface area (Å²) in [5.74, 6) is 2.64. The Morgan fingerprint density at radius 2 is 1.82 bits per heavy atom. The lowest BCUT2D eigenvalue weighted by Gasteiger charge is -2.18. The van der Waals surface area contributed by atoms with E-state index in [9.17, 15) is 4.79 Å². The van der Waals surface area contributed by atoms with Gasteiger partial charge in [0.25, 0.3) is 0 Å². The summed E-state index contributed by atoms with van der Waals surface area (Å²) in [6.45, 7) is 3.80. The van der Waals surface area contributed by atoms with E-state index in [0.717, 1.165) is 39.6 Å². The molecule has 33 heavy (non-hydrogen) atoms. The number of rotatable bonds is 7. The molecule has 0 aliphatic carbocycles. The highest BCUT2D eigenvalue weighted by atomic mass is 16.5. The summed E-state index contributed by atoms with van der Waals surface area (Å²) >= 11 is 0. The first-order valence-corrected chi connectivity index (χ1v) is 11.2. The second kappa shape index (κ2) is 8.98. The molecule has 3 aromatic carbocycles. The number of amides is 1. The number of aromatic nitrogens is 2. The van der Waals surface area contributed by atoms with E-state index in [0.29, 0.717) is 26.1 Å². The van der Waals surface area contributed by atoms with Gasteiger partial charge in [-0.2, -0.15) is 0 Å². The van der Waals surface area contributed by atoms with Crippen molar-refractivity contribution in [3.05, 3.63) is 84.2 Å². The van der Waals surface area contributed by atoms with Gasteiger partial charge in [0.15, 0.2) is 0 Å². The standard InChI is InChI=1S/C27H27N3O3/c1-19-7-5-8-21(15-19)30-18-20(16-26(30)31)27-28-24-11-3-4-12-25(24)29(27)13-14-33-23-10-6-9-22(17-23)32-2/h3-12,15,17,20H,13-14,16,18H2,1-2H3/t20-/m1/s1. The summed E-state index contributed by atoms with van der Waals surface area (Å²) in [5, 5.41) is 0. The summed E-state index contributed by atoms with van der Waals surface area (Å²) in [6.07, 6.45) is 0.452. The molecule has 1 fully saturated rings. The van der Waals surface area contributed by atoms with Crippen molar-refractivity contribution >= 4 is 22.6 Å². The fraction of sp³-hybridized carbons (Fsp3) is 0.259. The number of para-hydroxylation sites is 2. The Kier molecular flexibility index (Phi) is 5.73. The Morgan fingerprint density at radius 1 is 1.00 bits per heavy atom. The van der Waals surface area contributed by atoms with Gasteiger partial charge in [-0.1, -0.05) is 30.3 Å². The number of nitrogens with zero attached hydrogens (tertiary/aromatic N) is 3. The van der Waals surface area contributed by atoms with Crippen molar-refractivity contribution < 1.29 is 14.3 Å². The molecule has 6 nitrogen and oxygen atoms in total. The summed E-state index contributed by atoms with van der Waals surface area (Å²) < 4.78 is 13.5. The van der Waals surface area contributed by atoms with Crippen molar-refractivity contribution in [2.24, 2.45) is 0 Å². The van der Waals surface area contributed by atoms with Crippen LogP contribution in [0, 0.1) is 6.92 Å². The smallest absolute Gasteiger partial charge is 0.227 e. The van der Waals surface area contributed by atoms with Crippen LogP contribution in [0.1, 0.15) is 23.7 Å². The number of aryl methyl sites for hydroxylation is 1. The number of ether oxygens (including phenoxy) is 2. The van der Waals surface area contributed by atoms with Crippen molar-refractivity contribution in [2.75, 3.05) is 25.2 Å². The lowest BCUT2D eigenvalue weighted by atomic mass is 10.1. The Balaban J connectivity index is 1.39. The van der Waals surface area contributed by atoms with Gasteiger partial charge >= 0.3 is 0 Å². The summed E-state index contributed by atoms with van der Waals surface area (Å²) in [5.41, 5.74) is 4.09. The van der Waals surface area contributed by atoms with Crippen LogP contribution in [0.2, 0.25) is 0 Å². The number of carbonyl (C=O) groups is 1. The van der Waals surface area contributed by atoms with Crippen LogP contribution in [0.5, 0.6) is 11.5 Å². The van der Waals surface area contributed by atoms with E-state index in [1.165, 1.54) is 0 Å². The number of benzene rings is 3. The first-order chi connectivity index (χ1) is 16.1. The third-order valence-electron chi connectivity index (χ3n) is 6.11. The van der Waals surface area contributed by atoms with E-state index in [1.54, 1.807) is 7.11 Å². The van der Waals surface area contributed by atoms with Crippen LogP contribution in [0.3, 0.4) is 0 Å². The topological polar surface area (TPSA) is 56.6 Å². The maximum absolute atomic E-state index is 12.9. The second-order valence-corrected chi connectivity index (χ2v) is 8.38. The van der Waals surface area contributed by atoms with E-state index in [1.807, 2.05) is 72.5 Å². The molecule has 1 amide bonds. The van der Waals surface area contributed by atoms with Gasteiger partial charge in [-0.05, 0) is 48.9 Å². The number of hydrogen-bond acceptors (Lipinski definition) is 4. The van der Waals surface area contributed by atoms with Gasteiger partial charge in [-0.15, -0.1) is 0 Å². The molecule has 168 valence electrons. The molecular weight excluding hydrogens is 414 g/mol. The van der Waals surface area contributed by atoms with Gasteiger partial charge < -0.3 is 18.9 Å². The molecule has 2 heterocycles. The monoisotopic (exact) mass is 441 g/mol. The van der Waals surface area contributed by atoms with Crippen LogP contribution in [-0.2, 0) is 11.3 Å². The van der Waals surface area contributed by atoms with E-state index in [4.69, 9.17) is 14.5 Å².